The topological polar surface area (TPSA) is 3.24 Å². The molecule has 0 unspecified atom stereocenters. The summed E-state index contributed by atoms with van der Waals surface area (Å²) in [6.07, 6.45) is 1.22. The fraction of sp³-hybridized carbons (Fsp3) is 0.625. The number of benzene rings is 1. The number of nitrogens with zero attached hydrogens (tertiary/aromatic N) is 1. The molecular formula is C16H25N. The third-order valence-electron chi connectivity index (χ3n) is 3.98. The van der Waals surface area contributed by atoms with Crippen LogP contribution in [0.2, 0.25) is 0 Å². The second-order valence-corrected chi connectivity index (χ2v) is 5.95. The van der Waals surface area contributed by atoms with E-state index in [-0.39, 0.29) is 0 Å². The van der Waals surface area contributed by atoms with Crippen molar-refractivity contribution in [1.82, 2.24) is 4.90 Å². The highest BCUT2D eigenvalue weighted by atomic mass is 15.1. The lowest BCUT2D eigenvalue weighted by Gasteiger charge is -2.32. The molecule has 0 bridgehead atoms. The van der Waals surface area contributed by atoms with Crippen LogP contribution in [-0.2, 0) is 13.0 Å². The third kappa shape index (κ3) is 2.55. The van der Waals surface area contributed by atoms with E-state index in [2.05, 4.69) is 51.7 Å². The van der Waals surface area contributed by atoms with Gasteiger partial charge in [0.05, 0.1) is 0 Å². The lowest BCUT2D eigenvalue weighted by atomic mass is 9.89. The maximum atomic E-state index is 2.57. The number of fused-ring (bicyclic) bond motifs is 1. The largest absolute Gasteiger partial charge is 0.296 e. The lowest BCUT2D eigenvalue weighted by Crippen LogP contribution is -2.36. The van der Waals surface area contributed by atoms with Crippen LogP contribution in [-0.4, -0.2) is 17.5 Å². The monoisotopic (exact) mass is 231 g/mol. The van der Waals surface area contributed by atoms with Gasteiger partial charge in [-0.1, -0.05) is 26.0 Å². The molecule has 0 saturated carbocycles. The van der Waals surface area contributed by atoms with E-state index < -0.39 is 0 Å². The lowest BCUT2D eigenvalue weighted by molar-refractivity contribution is 0.203. The Hall–Kier alpha value is -0.820. The molecule has 1 aliphatic rings. The smallest absolute Gasteiger partial charge is 0.0239 e. The predicted octanol–water partition coefficient (Wildman–Crippen LogP) is 3.88. The van der Waals surface area contributed by atoms with Crippen molar-refractivity contribution in [3.05, 3.63) is 34.4 Å². The van der Waals surface area contributed by atoms with Crippen molar-refractivity contribution in [2.45, 2.75) is 59.5 Å². The molecule has 0 atom stereocenters. The quantitative estimate of drug-likeness (QED) is 0.746. The summed E-state index contributed by atoms with van der Waals surface area (Å²) in [5.41, 5.74) is 6.12. The van der Waals surface area contributed by atoms with Crippen LogP contribution < -0.4 is 0 Å². The Morgan fingerprint density at radius 3 is 2.35 bits per heavy atom. The van der Waals surface area contributed by atoms with Gasteiger partial charge in [-0.15, -0.1) is 0 Å². The van der Waals surface area contributed by atoms with Crippen LogP contribution in [0.15, 0.2) is 12.1 Å². The molecule has 0 radical (unpaired) electrons. The van der Waals surface area contributed by atoms with Crippen molar-refractivity contribution >= 4 is 0 Å². The first-order valence-electron chi connectivity index (χ1n) is 6.85. The molecule has 0 aromatic heterocycles. The minimum Gasteiger partial charge on any atom is -0.296 e. The van der Waals surface area contributed by atoms with Gasteiger partial charge in [0, 0.05) is 19.1 Å². The Kier molecular flexibility index (Phi) is 3.58. The van der Waals surface area contributed by atoms with Crippen LogP contribution in [0.5, 0.6) is 0 Å². The average Bonchev–Trinajstić information content (AvgIpc) is 2.27. The van der Waals surface area contributed by atoms with Crippen molar-refractivity contribution in [1.29, 1.82) is 0 Å². The van der Waals surface area contributed by atoms with Gasteiger partial charge in [-0.3, -0.25) is 4.90 Å². The summed E-state index contributed by atoms with van der Waals surface area (Å²) in [6.45, 7) is 13.8. The van der Waals surface area contributed by atoms with E-state index in [4.69, 9.17) is 0 Å². The molecule has 1 heterocycles. The van der Waals surface area contributed by atoms with Gasteiger partial charge in [-0.05, 0) is 55.4 Å². The van der Waals surface area contributed by atoms with E-state index >= 15 is 0 Å². The van der Waals surface area contributed by atoms with E-state index in [1.165, 1.54) is 24.1 Å². The van der Waals surface area contributed by atoms with Gasteiger partial charge >= 0.3 is 0 Å². The Morgan fingerprint density at radius 1 is 1.06 bits per heavy atom. The fourth-order valence-electron chi connectivity index (χ4n) is 2.84. The molecule has 1 aromatic rings. The normalized spacial score (nSPS) is 16.6. The van der Waals surface area contributed by atoms with Crippen LogP contribution in [0, 0.1) is 6.92 Å². The number of hydrogen-bond acceptors (Lipinski definition) is 1. The summed E-state index contributed by atoms with van der Waals surface area (Å²) < 4.78 is 0. The summed E-state index contributed by atoms with van der Waals surface area (Å²) >= 11 is 0. The Morgan fingerprint density at radius 2 is 1.76 bits per heavy atom. The first-order chi connectivity index (χ1) is 7.99. The van der Waals surface area contributed by atoms with E-state index in [0.717, 1.165) is 6.54 Å². The van der Waals surface area contributed by atoms with Crippen LogP contribution in [0.3, 0.4) is 0 Å². The minimum absolute atomic E-state index is 0.634. The average molecular weight is 231 g/mol. The summed E-state index contributed by atoms with van der Waals surface area (Å²) in [4.78, 5) is 2.57. The van der Waals surface area contributed by atoms with E-state index in [1.54, 1.807) is 11.1 Å². The van der Waals surface area contributed by atoms with Gasteiger partial charge in [0.2, 0.25) is 0 Å². The zero-order valence-electron chi connectivity index (χ0n) is 11.9. The van der Waals surface area contributed by atoms with Gasteiger partial charge in [0.1, 0.15) is 0 Å². The van der Waals surface area contributed by atoms with E-state index in [9.17, 15) is 0 Å². The maximum absolute atomic E-state index is 2.57. The first-order valence-corrected chi connectivity index (χ1v) is 6.85. The molecular weight excluding hydrogens is 206 g/mol. The van der Waals surface area contributed by atoms with Crippen molar-refractivity contribution in [2.75, 3.05) is 6.54 Å². The highest BCUT2D eigenvalue weighted by molar-refractivity contribution is 5.40. The van der Waals surface area contributed by atoms with Crippen molar-refractivity contribution < 1.29 is 0 Å². The predicted molar refractivity (Wildman–Crippen MR) is 74.5 cm³/mol. The molecule has 1 nitrogen and oxygen atoms in total. The van der Waals surface area contributed by atoms with Crippen LogP contribution in [0.4, 0.5) is 0 Å². The summed E-state index contributed by atoms with van der Waals surface area (Å²) in [5.74, 6) is 0.634. The van der Waals surface area contributed by atoms with Crippen LogP contribution in [0.25, 0.3) is 0 Å². The fourth-order valence-corrected chi connectivity index (χ4v) is 2.84. The van der Waals surface area contributed by atoms with Gasteiger partial charge in [0.25, 0.3) is 0 Å². The molecule has 2 rings (SSSR count). The highest BCUT2D eigenvalue weighted by Crippen LogP contribution is 2.27. The Labute approximate surface area is 106 Å². The second kappa shape index (κ2) is 4.81. The summed E-state index contributed by atoms with van der Waals surface area (Å²) in [7, 11) is 0. The van der Waals surface area contributed by atoms with Crippen molar-refractivity contribution in [3.8, 4) is 0 Å². The third-order valence-corrected chi connectivity index (χ3v) is 3.98. The summed E-state index contributed by atoms with van der Waals surface area (Å²) in [6, 6.07) is 5.53. The molecule has 0 saturated heterocycles. The molecule has 1 heteroatoms. The zero-order valence-corrected chi connectivity index (χ0v) is 11.9. The molecule has 1 aromatic carbocycles. The molecule has 0 fully saturated rings. The minimum atomic E-state index is 0.634. The van der Waals surface area contributed by atoms with E-state index in [0.29, 0.717) is 12.0 Å². The first kappa shape index (κ1) is 12.6. The zero-order chi connectivity index (χ0) is 12.6. The standard InChI is InChI=1S/C16H25N/c1-11(2)16-9-15-10-17(12(3)4)7-6-14(15)8-13(16)5/h8-9,11-12H,6-7,10H2,1-5H3. The molecule has 94 valence electrons. The highest BCUT2D eigenvalue weighted by Gasteiger charge is 2.19. The van der Waals surface area contributed by atoms with Gasteiger partial charge in [-0.2, -0.15) is 0 Å². The molecule has 0 amide bonds. The SMILES string of the molecule is Cc1cc2c(cc1C(C)C)CN(C(C)C)CC2. The van der Waals surface area contributed by atoms with Gasteiger partial charge in [0.15, 0.2) is 0 Å². The molecule has 0 N–H and O–H groups in total. The van der Waals surface area contributed by atoms with E-state index in [1.807, 2.05) is 0 Å². The molecule has 0 aliphatic carbocycles. The number of aryl methyl sites for hydroxylation is 1. The number of rotatable bonds is 2. The summed E-state index contributed by atoms with van der Waals surface area (Å²) in [5, 5.41) is 0. The van der Waals surface area contributed by atoms with Crippen molar-refractivity contribution in [2.24, 2.45) is 0 Å². The van der Waals surface area contributed by atoms with Gasteiger partial charge < -0.3 is 0 Å². The Bertz CT molecular complexity index is 404. The molecule has 1 aliphatic heterocycles. The maximum Gasteiger partial charge on any atom is 0.0239 e. The molecule has 17 heavy (non-hydrogen) atoms. The van der Waals surface area contributed by atoms with Gasteiger partial charge in [-0.25, -0.2) is 0 Å². The van der Waals surface area contributed by atoms with Crippen molar-refractivity contribution in [3.63, 3.8) is 0 Å². The second-order valence-electron chi connectivity index (χ2n) is 5.95. The van der Waals surface area contributed by atoms with Crippen LogP contribution >= 0.6 is 0 Å². The molecule has 0 spiro atoms. The number of hydrogen-bond donors (Lipinski definition) is 0. The Balaban J connectivity index is 2.33. The van der Waals surface area contributed by atoms with Crippen LogP contribution in [0.1, 0.15) is 55.9 Å².